The first kappa shape index (κ1) is 9.18. The highest BCUT2D eigenvalue weighted by Crippen LogP contribution is 2.23. The molecule has 0 aliphatic carbocycles. The summed E-state index contributed by atoms with van der Waals surface area (Å²) in [5.74, 6) is 0. The second kappa shape index (κ2) is 3.77. The monoisotopic (exact) mass is 205 g/mol. The van der Waals surface area contributed by atoms with E-state index in [1.165, 1.54) is 0 Å². The summed E-state index contributed by atoms with van der Waals surface area (Å²) in [5, 5.41) is 2.94. The number of nitrogen functional groups attached to an aromatic ring is 1. The van der Waals surface area contributed by atoms with E-state index in [4.69, 9.17) is 11.5 Å². The van der Waals surface area contributed by atoms with Crippen LogP contribution in [0.5, 0.6) is 0 Å². The number of thiazole rings is 1. The molecule has 1 aromatic heterocycles. The molecule has 72 valence electrons. The Kier molecular flexibility index (Phi) is 2.47. The van der Waals surface area contributed by atoms with Gasteiger partial charge in [0.05, 0.1) is 5.69 Å². The molecule has 1 aromatic carbocycles. The normalized spacial score (nSPS) is 10.4. The van der Waals surface area contributed by atoms with E-state index in [9.17, 15) is 0 Å². The van der Waals surface area contributed by atoms with E-state index < -0.39 is 0 Å². The maximum Gasteiger partial charge on any atom is 0.107 e. The van der Waals surface area contributed by atoms with Gasteiger partial charge in [0.15, 0.2) is 0 Å². The van der Waals surface area contributed by atoms with Gasteiger partial charge in [-0.1, -0.05) is 12.1 Å². The molecule has 14 heavy (non-hydrogen) atoms. The van der Waals surface area contributed by atoms with E-state index in [2.05, 4.69) is 4.98 Å². The molecule has 0 fully saturated rings. The fourth-order valence-corrected chi connectivity index (χ4v) is 1.92. The van der Waals surface area contributed by atoms with E-state index in [1.54, 1.807) is 11.3 Å². The van der Waals surface area contributed by atoms with Crippen LogP contribution in [0.3, 0.4) is 0 Å². The van der Waals surface area contributed by atoms with Crippen molar-refractivity contribution in [1.82, 2.24) is 4.98 Å². The van der Waals surface area contributed by atoms with Crippen LogP contribution in [0.25, 0.3) is 11.3 Å². The second-order valence-corrected chi connectivity index (χ2v) is 3.90. The molecular formula is C10H11N3S. The first-order valence-corrected chi connectivity index (χ1v) is 5.18. The number of nitrogens with zero attached hydrogens (tertiary/aromatic N) is 1. The van der Waals surface area contributed by atoms with Crippen molar-refractivity contribution in [3.8, 4) is 11.3 Å². The third-order valence-electron chi connectivity index (χ3n) is 1.91. The fraction of sp³-hybridized carbons (Fsp3) is 0.100. The first-order valence-electron chi connectivity index (χ1n) is 4.30. The van der Waals surface area contributed by atoms with Gasteiger partial charge in [-0.05, 0) is 12.1 Å². The first-order chi connectivity index (χ1) is 6.79. The molecule has 0 atom stereocenters. The lowest BCUT2D eigenvalue weighted by Crippen LogP contribution is -1.94. The van der Waals surface area contributed by atoms with Crippen molar-refractivity contribution < 1.29 is 0 Å². The van der Waals surface area contributed by atoms with E-state index in [0.29, 0.717) is 6.54 Å². The van der Waals surface area contributed by atoms with Crippen molar-refractivity contribution in [2.24, 2.45) is 5.73 Å². The van der Waals surface area contributed by atoms with Crippen LogP contribution in [-0.4, -0.2) is 4.98 Å². The van der Waals surface area contributed by atoms with Crippen LogP contribution in [0.2, 0.25) is 0 Å². The molecule has 0 unspecified atom stereocenters. The summed E-state index contributed by atoms with van der Waals surface area (Å²) in [7, 11) is 0. The zero-order chi connectivity index (χ0) is 9.97. The standard InChI is InChI=1S/C10H11N3S/c11-5-10-13-9(6-14-10)7-2-1-3-8(12)4-7/h1-4,6H,5,11-12H2. The van der Waals surface area contributed by atoms with Crippen LogP contribution in [0.4, 0.5) is 5.69 Å². The number of hydrogen-bond acceptors (Lipinski definition) is 4. The summed E-state index contributed by atoms with van der Waals surface area (Å²) in [6.45, 7) is 0.493. The van der Waals surface area contributed by atoms with E-state index in [0.717, 1.165) is 22.0 Å². The molecule has 4 heteroatoms. The molecule has 0 saturated heterocycles. The molecule has 0 spiro atoms. The quantitative estimate of drug-likeness (QED) is 0.735. The van der Waals surface area contributed by atoms with Crippen LogP contribution in [0.15, 0.2) is 29.6 Å². The summed E-state index contributed by atoms with van der Waals surface area (Å²) in [6, 6.07) is 7.69. The lowest BCUT2D eigenvalue weighted by Gasteiger charge is -1.97. The van der Waals surface area contributed by atoms with Gasteiger partial charge in [0.25, 0.3) is 0 Å². The largest absolute Gasteiger partial charge is 0.399 e. The predicted octanol–water partition coefficient (Wildman–Crippen LogP) is 1.85. The molecule has 0 bridgehead atoms. The second-order valence-electron chi connectivity index (χ2n) is 2.96. The van der Waals surface area contributed by atoms with Crippen LogP contribution < -0.4 is 11.5 Å². The van der Waals surface area contributed by atoms with Crippen molar-refractivity contribution in [2.75, 3.05) is 5.73 Å². The van der Waals surface area contributed by atoms with Gasteiger partial charge >= 0.3 is 0 Å². The summed E-state index contributed by atoms with van der Waals surface area (Å²) in [6.07, 6.45) is 0. The van der Waals surface area contributed by atoms with Gasteiger partial charge in [-0.2, -0.15) is 0 Å². The summed E-state index contributed by atoms with van der Waals surface area (Å²) < 4.78 is 0. The predicted molar refractivity (Wildman–Crippen MR) is 59.9 cm³/mol. The minimum Gasteiger partial charge on any atom is -0.399 e. The van der Waals surface area contributed by atoms with Gasteiger partial charge in [-0.25, -0.2) is 4.98 Å². The number of nitrogens with two attached hydrogens (primary N) is 2. The topological polar surface area (TPSA) is 64.9 Å². The van der Waals surface area contributed by atoms with Gasteiger partial charge in [0, 0.05) is 23.2 Å². The van der Waals surface area contributed by atoms with E-state index in [-0.39, 0.29) is 0 Å². The van der Waals surface area contributed by atoms with Crippen LogP contribution in [-0.2, 0) is 6.54 Å². The Morgan fingerprint density at radius 2 is 2.21 bits per heavy atom. The van der Waals surface area contributed by atoms with Crippen molar-refractivity contribution in [3.63, 3.8) is 0 Å². The van der Waals surface area contributed by atoms with Gasteiger partial charge in [0.2, 0.25) is 0 Å². The van der Waals surface area contributed by atoms with Gasteiger partial charge < -0.3 is 11.5 Å². The third-order valence-corrected chi connectivity index (χ3v) is 2.78. The summed E-state index contributed by atoms with van der Waals surface area (Å²) in [5.41, 5.74) is 13.9. The maximum atomic E-state index is 5.69. The van der Waals surface area contributed by atoms with Crippen molar-refractivity contribution in [2.45, 2.75) is 6.54 Å². The van der Waals surface area contributed by atoms with Crippen molar-refractivity contribution in [3.05, 3.63) is 34.7 Å². The molecule has 0 aliphatic heterocycles. The third kappa shape index (κ3) is 1.76. The Balaban J connectivity index is 2.39. The maximum absolute atomic E-state index is 5.69. The van der Waals surface area contributed by atoms with Crippen molar-refractivity contribution in [1.29, 1.82) is 0 Å². The minimum atomic E-state index is 0.493. The Morgan fingerprint density at radius 3 is 2.86 bits per heavy atom. The van der Waals surface area contributed by atoms with Gasteiger partial charge in [0.1, 0.15) is 5.01 Å². The highest BCUT2D eigenvalue weighted by Gasteiger charge is 2.02. The molecule has 3 nitrogen and oxygen atoms in total. The van der Waals surface area contributed by atoms with Crippen LogP contribution >= 0.6 is 11.3 Å². The number of aromatic nitrogens is 1. The highest BCUT2D eigenvalue weighted by molar-refractivity contribution is 7.09. The molecule has 0 radical (unpaired) electrons. The SMILES string of the molecule is NCc1nc(-c2cccc(N)c2)cs1. The number of rotatable bonds is 2. The Labute approximate surface area is 86.4 Å². The fourth-order valence-electron chi connectivity index (χ4n) is 1.24. The summed E-state index contributed by atoms with van der Waals surface area (Å²) in [4.78, 5) is 4.38. The van der Waals surface area contributed by atoms with Crippen LogP contribution in [0, 0.1) is 0 Å². The molecule has 2 aromatic rings. The van der Waals surface area contributed by atoms with Gasteiger partial charge in [-0.15, -0.1) is 11.3 Å². The molecule has 1 heterocycles. The summed E-state index contributed by atoms with van der Waals surface area (Å²) >= 11 is 1.57. The van der Waals surface area contributed by atoms with E-state index in [1.807, 2.05) is 29.6 Å². The average Bonchev–Trinajstić information content (AvgIpc) is 2.66. The van der Waals surface area contributed by atoms with E-state index >= 15 is 0 Å². The lowest BCUT2D eigenvalue weighted by atomic mass is 10.1. The van der Waals surface area contributed by atoms with Crippen LogP contribution in [0.1, 0.15) is 5.01 Å². The highest BCUT2D eigenvalue weighted by atomic mass is 32.1. The molecule has 4 N–H and O–H groups in total. The molecule has 0 amide bonds. The Morgan fingerprint density at radius 1 is 1.36 bits per heavy atom. The number of benzene rings is 1. The molecule has 2 rings (SSSR count). The number of anilines is 1. The van der Waals surface area contributed by atoms with Gasteiger partial charge in [-0.3, -0.25) is 0 Å². The molecule has 0 saturated carbocycles. The molecule has 0 aliphatic rings. The van der Waals surface area contributed by atoms with Crippen molar-refractivity contribution >= 4 is 17.0 Å². The smallest absolute Gasteiger partial charge is 0.107 e. The zero-order valence-corrected chi connectivity index (χ0v) is 8.42. The Hall–Kier alpha value is -1.39. The minimum absolute atomic E-state index is 0.493. The average molecular weight is 205 g/mol. The molecular weight excluding hydrogens is 194 g/mol. The zero-order valence-electron chi connectivity index (χ0n) is 7.60. The Bertz CT molecular complexity index is 436. The number of hydrogen-bond donors (Lipinski definition) is 2. The lowest BCUT2D eigenvalue weighted by molar-refractivity contribution is 1.04.